The van der Waals surface area contributed by atoms with Crippen LogP contribution in [-0.4, -0.2) is 46.1 Å². The van der Waals surface area contributed by atoms with Crippen molar-refractivity contribution in [1.82, 2.24) is 10.2 Å². The number of hydrogen-bond donors (Lipinski definition) is 2. The Morgan fingerprint density at radius 3 is 2.63 bits per heavy atom. The number of furan rings is 1. The number of anilines is 1. The number of nitrogens with zero attached hydrogens (tertiary/aromatic N) is 2. The summed E-state index contributed by atoms with van der Waals surface area (Å²) in [5, 5.41) is 6.97. The summed E-state index contributed by atoms with van der Waals surface area (Å²) in [5.41, 5.74) is 1.81. The fourth-order valence-corrected chi connectivity index (χ4v) is 5.32. The van der Waals surface area contributed by atoms with E-state index in [0.29, 0.717) is 17.0 Å². The van der Waals surface area contributed by atoms with E-state index in [2.05, 4.69) is 20.5 Å². The van der Waals surface area contributed by atoms with Gasteiger partial charge in [0.15, 0.2) is 5.17 Å². The fourth-order valence-electron chi connectivity index (χ4n) is 4.21. The lowest BCUT2D eigenvalue weighted by Crippen LogP contribution is -2.26. The summed E-state index contributed by atoms with van der Waals surface area (Å²) < 4.78 is 5.83. The average molecular weight is 491 g/mol. The van der Waals surface area contributed by atoms with Gasteiger partial charge >= 0.3 is 0 Å². The molecule has 2 aliphatic rings. The highest BCUT2D eigenvalue weighted by Crippen LogP contribution is 2.29. The molecule has 0 spiro atoms. The van der Waals surface area contributed by atoms with Crippen LogP contribution >= 0.6 is 11.8 Å². The van der Waals surface area contributed by atoms with E-state index < -0.39 is 5.25 Å². The highest BCUT2D eigenvalue weighted by molar-refractivity contribution is 8.15. The number of amidine groups is 1. The molecule has 3 heterocycles. The van der Waals surface area contributed by atoms with Gasteiger partial charge in [0.2, 0.25) is 5.91 Å². The van der Waals surface area contributed by atoms with Crippen LogP contribution in [0.1, 0.15) is 48.3 Å². The molecule has 9 heteroatoms. The molecule has 0 bridgehead atoms. The molecule has 1 saturated heterocycles. The average Bonchev–Trinajstić information content (AvgIpc) is 3.60. The maximum absolute atomic E-state index is 12.7. The molecule has 2 N–H and O–H groups in total. The van der Waals surface area contributed by atoms with Crippen LogP contribution in [-0.2, 0) is 9.59 Å². The predicted molar refractivity (Wildman–Crippen MR) is 136 cm³/mol. The molecule has 2 aromatic carbocycles. The monoisotopic (exact) mass is 490 g/mol. The molecule has 3 aromatic rings. The molecular weight excluding hydrogens is 464 g/mol. The molecule has 0 radical (unpaired) electrons. The standard InChI is InChI=1S/C26H26N4O4S/c1-16(21-14-18-6-2-3-7-20(18)34-21)27-24(32)17-8-10-19(11-9-17)28-23(31)15-22-25(33)29-26(35-22)30-12-4-5-13-30/h2-3,6-11,14,16,22H,4-5,12-13,15H2,1H3,(H,27,32)(H,28,31)/t16-,22-/m1/s1. The molecule has 2 atom stereocenters. The van der Waals surface area contributed by atoms with Crippen molar-refractivity contribution in [2.45, 2.75) is 37.5 Å². The molecule has 35 heavy (non-hydrogen) atoms. The zero-order valence-corrected chi connectivity index (χ0v) is 20.1. The van der Waals surface area contributed by atoms with E-state index in [-0.39, 0.29) is 30.2 Å². The summed E-state index contributed by atoms with van der Waals surface area (Å²) in [6, 6.07) is 16.0. The Hall–Kier alpha value is -3.59. The van der Waals surface area contributed by atoms with Crippen LogP contribution in [0.15, 0.2) is 64.0 Å². The number of nitrogens with one attached hydrogen (secondary N) is 2. The first-order valence-electron chi connectivity index (χ1n) is 11.7. The van der Waals surface area contributed by atoms with Gasteiger partial charge in [-0.25, -0.2) is 0 Å². The summed E-state index contributed by atoms with van der Waals surface area (Å²) in [7, 11) is 0. The van der Waals surface area contributed by atoms with Crippen molar-refractivity contribution < 1.29 is 18.8 Å². The number of fused-ring (bicyclic) bond motifs is 1. The van der Waals surface area contributed by atoms with Crippen molar-refractivity contribution in [2.24, 2.45) is 4.99 Å². The lowest BCUT2D eigenvalue weighted by atomic mass is 10.1. The number of carbonyl (C=O) groups is 3. The molecular formula is C26H26N4O4S. The number of rotatable bonds is 6. The molecule has 1 fully saturated rings. The Labute approximate surface area is 207 Å². The largest absolute Gasteiger partial charge is 0.459 e. The minimum absolute atomic E-state index is 0.0571. The minimum Gasteiger partial charge on any atom is -0.459 e. The van der Waals surface area contributed by atoms with E-state index >= 15 is 0 Å². The van der Waals surface area contributed by atoms with E-state index in [1.807, 2.05) is 37.3 Å². The fraction of sp³-hybridized carbons (Fsp3) is 0.308. The Bertz CT molecular complexity index is 1260. The van der Waals surface area contributed by atoms with Crippen molar-refractivity contribution in [2.75, 3.05) is 18.4 Å². The summed E-state index contributed by atoms with van der Waals surface area (Å²) >= 11 is 1.37. The van der Waals surface area contributed by atoms with Gasteiger partial charge in [-0.1, -0.05) is 30.0 Å². The highest BCUT2D eigenvalue weighted by Gasteiger charge is 2.33. The van der Waals surface area contributed by atoms with Gasteiger partial charge in [0, 0.05) is 36.1 Å². The van der Waals surface area contributed by atoms with Crippen molar-refractivity contribution in [3.8, 4) is 0 Å². The number of likely N-dealkylation sites (tertiary alicyclic amines) is 1. The van der Waals surface area contributed by atoms with Gasteiger partial charge in [-0.05, 0) is 56.2 Å². The van der Waals surface area contributed by atoms with E-state index in [0.717, 1.165) is 42.1 Å². The van der Waals surface area contributed by atoms with Gasteiger partial charge in [0.25, 0.3) is 11.8 Å². The first-order chi connectivity index (χ1) is 17.0. The van der Waals surface area contributed by atoms with Crippen LogP contribution in [0, 0.1) is 0 Å². The second-order valence-electron chi connectivity index (χ2n) is 8.74. The van der Waals surface area contributed by atoms with Gasteiger partial charge in [-0.2, -0.15) is 4.99 Å². The normalized spacial score (nSPS) is 18.5. The van der Waals surface area contributed by atoms with Gasteiger partial charge in [-0.15, -0.1) is 0 Å². The molecule has 2 aliphatic heterocycles. The van der Waals surface area contributed by atoms with Crippen LogP contribution < -0.4 is 10.6 Å². The summed E-state index contributed by atoms with van der Waals surface area (Å²) in [6.45, 7) is 3.69. The van der Waals surface area contributed by atoms with Crippen LogP contribution in [0.2, 0.25) is 0 Å². The molecule has 8 nitrogen and oxygen atoms in total. The number of aliphatic imine (C=N–C) groups is 1. The van der Waals surface area contributed by atoms with Gasteiger partial charge < -0.3 is 20.0 Å². The quantitative estimate of drug-likeness (QED) is 0.533. The molecule has 0 aliphatic carbocycles. The third-order valence-corrected chi connectivity index (χ3v) is 7.34. The molecule has 1 aromatic heterocycles. The molecule has 5 rings (SSSR count). The first kappa shape index (κ1) is 23.2. The lowest BCUT2D eigenvalue weighted by molar-refractivity contribution is -0.121. The number of thioether (sulfide) groups is 1. The Morgan fingerprint density at radius 2 is 1.89 bits per heavy atom. The molecule has 0 saturated carbocycles. The van der Waals surface area contributed by atoms with Gasteiger partial charge in [0.05, 0.1) is 6.04 Å². The SMILES string of the molecule is C[C@@H](NC(=O)c1ccc(NC(=O)C[C@H]2SC(N3CCCC3)=NC2=O)cc1)c1cc2ccccc2o1. The van der Waals surface area contributed by atoms with Crippen LogP contribution in [0.25, 0.3) is 11.0 Å². The summed E-state index contributed by atoms with van der Waals surface area (Å²) in [5.74, 6) is -0.0721. The second-order valence-corrected chi connectivity index (χ2v) is 9.91. The lowest BCUT2D eigenvalue weighted by Gasteiger charge is -2.16. The molecule has 180 valence electrons. The maximum Gasteiger partial charge on any atom is 0.262 e. The zero-order valence-electron chi connectivity index (χ0n) is 19.3. The highest BCUT2D eigenvalue weighted by atomic mass is 32.2. The third-order valence-electron chi connectivity index (χ3n) is 6.13. The van der Waals surface area contributed by atoms with E-state index in [4.69, 9.17) is 4.42 Å². The Kier molecular flexibility index (Phi) is 6.59. The van der Waals surface area contributed by atoms with E-state index in [1.165, 1.54) is 11.8 Å². The van der Waals surface area contributed by atoms with Crippen LogP contribution in [0.4, 0.5) is 5.69 Å². The van der Waals surface area contributed by atoms with E-state index in [1.54, 1.807) is 24.3 Å². The van der Waals surface area contributed by atoms with Crippen molar-refractivity contribution in [1.29, 1.82) is 0 Å². The molecule has 3 amide bonds. The number of benzene rings is 2. The molecule has 0 unspecified atom stereocenters. The summed E-state index contributed by atoms with van der Waals surface area (Å²) in [6.07, 6.45) is 2.26. The smallest absolute Gasteiger partial charge is 0.262 e. The van der Waals surface area contributed by atoms with Gasteiger partial charge in [0.1, 0.15) is 16.6 Å². The second kappa shape index (κ2) is 9.95. The first-order valence-corrected chi connectivity index (χ1v) is 12.6. The Balaban J connectivity index is 1.13. The maximum atomic E-state index is 12.7. The van der Waals surface area contributed by atoms with Crippen LogP contribution in [0.5, 0.6) is 0 Å². The van der Waals surface area contributed by atoms with Crippen molar-refractivity contribution in [3.63, 3.8) is 0 Å². The van der Waals surface area contributed by atoms with Crippen molar-refractivity contribution in [3.05, 3.63) is 65.9 Å². The van der Waals surface area contributed by atoms with Crippen LogP contribution in [0.3, 0.4) is 0 Å². The summed E-state index contributed by atoms with van der Waals surface area (Å²) in [4.78, 5) is 43.7. The number of hydrogen-bond acceptors (Lipinski definition) is 6. The topological polar surface area (TPSA) is 104 Å². The van der Waals surface area contributed by atoms with Gasteiger partial charge in [-0.3, -0.25) is 14.4 Å². The number of carbonyl (C=O) groups excluding carboxylic acids is 3. The minimum atomic E-state index is -0.490. The van der Waals surface area contributed by atoms with E-state index in [9.17, 15) is 14.4 Å². The number of amides is 3. The predicted octanol–water partition coefficient (Wildman–Crippen LogP) is 4.35. The zero-order chi connectivity index (χ0) is 24.4. The third kappa shape index (κ3) is 5.24. The number of para-hydroxylation sites is 1. The Morgan fingerprint density at radius 1 is 1.14 bits per heavy atom. The van der Waals surface area contributed by atoms with Crippen molar-refractivity contribution >= 4 is 51.3 Å².